The number of imide groups is 1. The van der Waals surface area contributed by atoms with Crippen molar-refractivity contribution in [2.75, 3.05) is 6.54 Å². The molecule has 2 heterocycles. The van der Waals surface area contributed by atoms with Crippen molar-refractivity contribution in [1.29, 1.82) is 0 Å². The van der Waals surface area contributed by atoms with Gasteiger partial charge in [0.1, 0.15) is 0 Å². The first kappa shape index (κ1) is 11.6. The van der Waals surface area contributed by atoms with Crippen molar-refractivity contribution in [2.45, 2.75) is 26.7 Å². The van der Waals surface area contributed by atoms with Crippen molar-refractivity contribution >= 4 is 11.8 Å². The van der Waals surface area contributed by atoms with Crippen molar-refractivity contribution in [3.8, 4) is 0 Å². The number of hydrogen-bond donors (Lipinski definition) is 1. The predicted molar refractivity (Wildman–Crippen MR) is 62.1 cm³/mol. The zero-order chi connectivity index (χ0) is 12.4. The Balaban J connectivity index is 1.86. The Hall–Kier alpha value is -1.91. The van der Waals surface area contributed by atoms with Gasteiger partial charge in [0.05, 0.1) is 6.20 Å². The van der Waals surface area contributed by atoms with E-state index in [-0.39, 0.29) is 11.8 Å². The minimum absolute atomic E-state index is 0.168. The maximum Gasteiger partial charge on any atom is 0.256 e. The SMILES string of the molecule is CC1=CC(=O)N(CCCc2cn[nH]c2C)C1=O. The molecular formula is C12H15N3O2. The highest BCUT2D eigenvalue weighted by molar-refractivity contribution is 6.15. The molecule has 5 nitrogen and oxygen atoms in total. The van der Waals surface area contributed by atoms with Gasteiger partial charge in [-0.3, -0.25) is 19.6 Å². The molecule has 0 unspecified atom stereocenters. The summed E-state index contributed by atoms with van der Waals surface area (Å²) in [6, 6.07) is 0. The van der Waals surface area contributed by atoms with Crippen LogP contribution < -0.4 is 0 Å². The topological polar surface area (TPSA) is 66.1 Å². The second-order valence-electron chi connectivity index (χ2n) is 4.25. The molecule has 0 aliphatic carbocycles. The third-order valence-corrected chi connectivity index (χ3v) is 2.95. The Bertz CT molecular complexity index is 488. The molecule has 1 aliphatic heterocycles. The largest absolute Gasteiger partial charge is 0.283 e. The van der Waals surface area contributed by atoms with E-state index in [2.05, 4.69) is 10.2 Å². The van der Waals surface area contributed by atoms with Gasteiger partial charge in [0, 0.05) is 23.9 Å². The maximum absolute atomic E-state index is 11.6. The smallest absolute Gasteiger partial charge is 0.256 e. The Morgan fingerprint density at radius 1 is 1.35 bits per heavy atom. The maximum atomic E-state index is 11.6. The Kier molecular flexibility index (Phi) is 3.08. The Labute approximate surface area is 99.5 Å². The van der Waals surface area contributed by atoms with Crippen LogP contribution in [0.3, 0.4) is 0 Å². The van der Waals surface area contributed by atoms with Crippen LogP contribution in [-0.4, -0.2) is 33.5 Å². The van der Waals surface area contributed by atoms with Crippen LogP contribution in [0.4, 0.5) is 0 Å². The highest BCUT2D eigenvalue weighted by atomic mass is 16.2. The van der Waals surface area contributed by atoms with Gasteiger partial charge in [-0.1, -0.05) is 0 Å². The van der Waals surface area contributed by atoms with Crippen LogP contribution in [-0.2, 0) is 16.0 Å². The fraction of sp³-hybridized carbons (Fsp3) is 0.417. The predicted octanol–water partition coefficient (Wildman–Crippen LogP) is 0.966. The summed E-state index contributed by atoms with van der Waals surface area (Å²) >= 11 is 0. The lowest BCUT2D eigenvalue weighted by molar-refractivity contribution is -0.137. The number of carbonyl (C=O) groups is 2. The fourth-order valence-electron chi connectivity index (χ4n) is 1.90. The van der Waals surface area contributed by atoms with Crippen molar-refractivity contribution in [2.24, 2.45) is 0 Å². The first-order valence-corrected chi connectivity index (χ1v) is 5.62. The van der Waals surface area contributed by atoms with E-state index in [1.54, 1.807) is 13.1 Å². The molecule has 1 aliphatic rings. The Morgan fingerprint density at radius 3 is 2.65 bits per heavy atom. The van der Waals surface area contributed by atoms with E-state index in [1.807, 2.05) is 6.92 Å². The second kappa shape index (κ2) is 4.53. The van der Waals surface area contributed by atoms with Gasteiger partial charge < -0.3 is 0 Å². The zero-order valence-corrected chi connectivity index (χ0v) is 9.99. The van der Waals surface area contributed by atoms with Gasteiger partial charge in [0.25, 0.3) is 11.8 Å². The van der Waals surface area contributed by atoms with Crippen LogP contribution in [0.15, 0.2) is 17.8 Å². The van der Waals surface area contributed by atoms with Gasteiger partial charge in [-0.05, 0) is 32.3 Å². The van der Waals surface area contributed by atoms with E-state index in [0.717, 1.165) is 24.1 Å². The molecule has 0 fully saturated rings. The van der Waals surface area contributed by atoms with Crippen molar-refractivity contribution < 1.29 is 9.59 Å². The first-order valence-electron chi connectivity index (χ1n) is 5.62. The molecule has 17 heavy (non-hydrogen) atoms. The number of H-pyrrole nitrogens is 1. The number of nitrogens with zero attached hydrogens (tertiary/aromatic N) is 2. The van der Waals surface area contributed by atoms with Crippen LogP contribution in [0, 0.1) is 6.92 Å². The molecule has 0 atom stereocenters. The minimum atomic E-state index is -0.198. The summed E-state index contributed by atoms with van der Waals surface area (Å²) in [6.07, 6.45) is 4.76. The van der Waals surface area contributed by atoms with Crippen molar-refractivity contribution in [1.82, 2.24) is 15.1 Å². The van der Waals surface area contributed by atoms with Gasteiger partial charge in [-0.2, -0.15) is 5.10 Å². The third kappa shape index (κ3) is 2.27. The fourth-order valence-corrected chi connectivity index (χ4v) is 1.90. The van der Waals surface area contributed by atoms with E-state index < -0.39 is 0 Å². The number of rotatable bonds is 4. The average Bonchev–Trinajstić information content (AvgIpc) is 2.78. The number of nitrogens with one attached hydrogen (secondary N) is 1. The average molecular weight is 233 g/mol. The number of hydrogen-bond acceptors (Lipinski definition) is 3. The van der Waals surface area contributed by atoms with Crippen LogP contribution in [0.1, 0.15) is 24.6 Å². The van der Waals surface area contributed by atoms with Gasteiger partial charge in [-0.15, -0.1) is 0 Å². The highest BCUT2D eigenvalue weighted by Crippen LogP contribution is 2.13. The molecule has 0 radical (unpaired) electrons. The highest BCUT2D eigenvalue weighted by Gasteiger charge is 2.27. The number of aryl methyl sites for hydroxylation is 2. The van der Waals surface area contributed by atoms with Crippen LogP contribution in [0.2, 0.25) is 0 Å². The molecule has 90 valence electrons. The van der Waals surface area contributed by atoms with E-state index in [1.165, 1.54) is 11.0 Å². The summed E-state index contributed by atoms with van der Waals surface area (Å²) in [6.45, 7) is 4.09. The summed E-state index contributed by atoms with van der Waals surface area (Å²) in [4.78, 5) is 24.4. The van der Waals surface area contributed by atoms with Crippen LogP contribution >= 0.6 is 0 Å². The van der Waals surface area contributed by atoms with E-state index >= 15 is 0 Å². The van der Waals surface area contributed by atoms with Crippen LogP contribution in [0.5, 0.6) is 0 Å². The third-order valence-electron chi connectivity index (χ3n) is 2.95. The standard InChI is InChI=1S/C12H15N3O2/c1-8-6-11(16)15(12(8)17)5-3-4-10-7-13-14-9(10)2/h6-7H,3-5H2,1-2H3,(H,13,14). The quantitative estimate of drug-likeness (QED) is 0.788. The van der Waals surface area contributed by atoms with Gasteiger partial charge in [-0.25, -0.2) is 0 Å². The summed E-state index contributed by atoms with van der Waals surface area (Å²) in [5, 5.41) is 6.80. The number of carbonyl (C=O) groups excluding carboxylic acids is 2. The minimum Gasteiger partial charge on any atom is -0.283 e. The molecule has 1 N–H and O–H groups in total. The zero-order valence-electron chi connectivity index (χ0n) is 9.99. The van der Waals surface area contributed by atoms with Crippen molar-refractivity contribution in [3.63, 3.8) is 0 Å². The van der Waals surface area contributed by atoms with Crippen molar-refractivity contribution in [3.05, 3.63) is 29.1 Å². The van der Waals surface area contributed by atoms with E-state index in [0.29, 0.717) is 12.1 Å². The molecule has 5 heteroatoms. The lowest BCUT2D eigenvalue weighted by atomic mass is 10.1. The second-order valence-corrected chi connectivity index (χ2v) is 4.25. The molecule has 0 aromatic carbocycles. The monoisotopic (exact) mass is 233 g/mol. The molecule has 0 bridgehead atoms. The van der Waals surface area contributed by atoms with Gasteiger partial charge >= 0.3 is 0 Å². The van der Waals surface area contributed by atoms with Gasteiger partial charge in [0.15, 0.2) is 0 Å². The Morgan fingerprint density at radius 2 is 2.12 bits per heavy atom. The van der Waals surface area contributed by atoms with Crippen LogP contribution in [0.25, 0.3) is 0 Å². The molecule has 2 amide bonds. The normalized spacial score (nSPS) is 15.6. The number of aromatic nitrogens is 2. The molecule has 0 spiro atoms. The molecule has 1 aromatic heterocycles. The summed E-state index contributed by atoms with van der Waals surface area (Å²) in [7, 11) is 0. The van der Waals surface area contributed by atoms with E-state index in [9.17, 15) is 9.59 Å². The summed E-state index contributed by atoms with van der Waals surface area (Å²) in [5.74, 6) is -0.365. The molecule has 0 saturated carbocycles. The number of amides is 2. The lowest BCUT2D eigenvalue weighted by Crippen LogP contribution is -2.32. The molecule has 1 aromatic rings. The number of aromatic amines is 1. The first-order chi connectivity index (χ1) is 8.09. The van der Waals surface area contributed by atoms with Gasteiger partial charge in [0.2, 0.25) is 0 Å². The molecular weight excluding hydrogens is 218 g/mol. The molecule has 0 saturated heterocycles. The lowest BCUT2D eigenvalue weighted by Gasteiger charge is -2.13. The van der Waals surface area contributed by atoms with E-state index in [4.69, 9.17) is 0 Å². The summed E-state index contributed by atoms with van der Waals surface area (Å²) < 4.78 is 0. The molecule has 2 rings (SSSR count). The summed E-state index contributed by atoms with van der Waals surface area (Å²) in [5.41, 5.74) is 2.70.